The Morgan fingerprint density at radius 1 is 0.394 bits per heavy atom. The number of halogens is 4. The molecule has 15 nitrogen and oxygen atoms in total. The third kappa shape index (κ3) is 11.8. The number of piperidine rings is 3. The van der Waals surface area contributed by atoms with Crippen molar-refractivity contribution in [3.05, 3.63) is 241 Å². The van der Waals surface area contributed by atoms with Gasteiger partial charge in [-0.2, -0.15) is 15.3 Å². The first-order valence-electron chi connectivity index (χ1n) is 32.5. The van der Waals surface area contributed by atoms with Gasteiger partial charge in [0.25, 0.3) is 0 Å². The molecular weight excluding hydrogens is 1250 g/mol. The summed E-state index contributed by atoms with van der Waals surface area (Å²) in [6, 6.07) is 41.9. The molecule has 0 spiro atoms. The van der Waals surface area contributed by atoms with Gasteiger partial charge in [0.15, 0.2) is 0 Å². The van der Waals surface area contributed by atoms with Crippen LogP contribution in [0.5, 0.6) is 0 Å². The van der Waals surface area contributed by atoms with Gasteiger partial charge >= 0.3 is 0 Å². The quantitative estimate of drug-likeness (QED) is 0.158. The highest BCUT2D eigenvalue weighted by Crippen LogP contribution is 2.50. The molecule has 0 radical (unpaired) electrons. The van der Waals surface area contributed by atoms with Crippen molar-refractivity contribution in [2.45, 2.75) is 56.7 Å². The average Bonchev–Trinajstić information content (AvgIpc) is 1.61. The topological polar surface area (TPSA) is 125 Å². The van der Waals surface area contributed by atoms with Gasteiger partial charge in [0.2, 0.25) is 0 Å². The molecule has 94 heavy (non-hydrogen) atoms. The van der Waals surface area contributed by atoms with E-state index in [9.17, 15) is 13.2 Å². The molecular formula is C75H73BrF3N15. The number of fused-ring (bicyclic) bond motifs is 9. The SMILES string of the molecule is Cn1cc(-c2cccc(Br)c2)cn1.Cn1cc(-c2cccc(N3CCC(C4c5c(F)cccc5-c5cncn54)CC3)c2)cn1.Cn1cc(-c2cccc(N3CCC(C4c5c(F)cccc5-c5cncn54)CC3)c2)cn1.Fc1cccc2c1C(C1CCNCC1)n1cncc1-2. The molecule has 6 aliphatic heterocycles. The predicted octanol–water partition coefficient (Wildman–Crippen LogP) is 15.3. The van der Waals surface area contributed by atoms with Crippen molar-refractivity contribution in [3.8, 4) is 67.2 Å². The summed E-state index contributed by atoms with van der Waals surface area (Å²) in [5.74, 6) is 1.00. The Hall–Kier alpha value is -9.59. The first-order valence-corrected chi connectivity index (χ1v) is 33.3. The highest BCUT2D eigenvalue weighted by atomic mass is 79.9. The maximum absolute atomic E-state index is 14.8. The number of imidazole rings is 3. The van der Waals surface area contributed by atoms with Crippen LogP contribution in [0.15, 0.2) is 207 Å². The molecule has 1 N–H and O–H groups in total. The van der Waals surface area contributed by atoms with Crippen LogP contribution < -0.4 is 15.1 Å². The number of aromatic nitrogens is 12. The summed E-state index contributed by atoms with van der Waals surface area (Å²) < 4.78 is 57.0. The van der Waals surface area contributed by atoms with Gasteiger partial charge in [-0.15, -0.1) is 0 Å². The van der Waals surface area contributed by atoms with E-state index in [4.69, 9.17) is 0 Å². The lowest BCUT2D eigenvalue weighted by Crippen LogP contribution is -2.36. The number of hydrogen-bond acceptors (Lipinski definition) is 9. The van der Waals surface area contributed by atoms with Gasteiger partial charge in [-0.25, -0.2) is 28.1 Å². The van der Waals surface area contributed by atoms with Crippen molar-refractivity contribution in [3.63, 3.8) is 0 Å². The van der Waals surface area contributed by atoms with Crippen molar-refractivity contribution in [1.82, 2.24) is 63.3 Å². The normalized spacial score (nSPS) is 18.0. The number of anilines is 2. The van der Waals surface area contributed by atoms with Crippen molar-refractivity contribution >= 4 is 27.3 Å². The van der Waals surface area contributed by atoms with Gasteiger partial charge in [0, 0.05) is 132 Å². The molecule has 0 saturated carbocycles. The van der Waals surface area contributed by atoms with Crippen LogP contribution in [0.4, 0.5) is 24.5 Å². The smallest absolute Gasteiger partial charge is 0.129 e. The fourth-order valence-corrected chi connectivity index (χ4v) is 15.8. The first-order chi connectivity index (χ1) is 46.0. The van der Waals surface area contributed by atoms with Crippen LogP contribution in [0, 0.1) is 35.2 Å². The van der Waals surface area contributed by atoms with Crippen LogP contribution in [-0.2, 0) is 21.1 Å². The maximum atomic E-state index is 14.8. The standard InChI is InChI=1S/2C25H24FN5.C15H16FN3.C10H9BrN2/c2*1-29-15-19(13-28-29)18-4-2-5-20(12-18)30-10-8-17(9-11-30)25-24-21(6-3-7-22(24)26)23-14-27-16-31(23)25;16-12-3-1-2-11-13-8-18-9-19(13)15(14(11)12)10-4-6-17-7-5-10;1-13-7-9(6-12-13)8-3-2-4-10(11)5-8/h2*2-7,12-17,25H,8-11H2,1H3;1-3,8-10,15,17H,4-7H2;2-7H,1H3. The number of hydrogen-bond donors (Lipinski definition) is 1. The van der Waals surface area contributed by atoms with Gasteiger partial charge in [-0.1, -0.05) is 88.7 Å². The molecule has 6 aromatic carbocycles. The second-order valence-electron chi connectivity index (χ2n) is 25.6. The highest BCUT2D eigenvalue weighted by molar-refractivity contribution is 9.10. The third-order valence-corrected chi connectivity index (χ3v) is 20.4. The molecule has 0 amide bonds. The molecule has 3 unspecified atom stereocenters. The molecule has 3 saturated heterocycles. The molecule has 12 aromatic rings. The Bertz CT molecular complexity index is 4450. The molecule has 3 atom stereocenters. The number of nitrogens with zero attached hydrogens (tertiary/aromatic N) is 14. The van der Waals surface area contributed by atoms with E-state index in [-0.39, 0.29) is 35.6 Å². The van der Waals surface area contributed by atoms with Crippen LogP contribution in [-0.4, -0.2) is 97.3 Å². The summed E-state index contributed by atoms with van der Waals surface area (Å²) in [5.41, 5.74) is 18.1. The molecule has 0 bridgehead atoms. The molecule has 476 valence electrons. The number of aryl methyl sites for hydroxylation is 3. The van der Waals surface area contributed by atoms with Crippen molar-refractivity contribution < 1.29 is 13.2 Å². The van der Waals surface area contributed by atoms with Gasteiger partial charge in [0.05, 0.1) is 91.4 Å². The van der Waals surface area contributed by atoms with E-state index in [1.807, 2.05) is 136 Å². The summed E-state index contributed by atoms with van der Waals surface area (Å²) in [6.07, 6.45) is 29.2. The summed E-state index contributed by atoms with van der Waals surface area (Å²) in [5, 5.41) is 16.1. The average molecular weight is 1320 g/mol. The Morgan fingerprint density at radius 3 is 1.09 bits per heavy atom. The molecule has 18 rings (SSSR count). The Morgan fingerprint density at radius 2 is 0.734 bits per heavy atom. The van der Waals surface area contributed by atoms with Gasteiger partial charge < -0.3 is 28.8 Å². The van der Waals surface area contributed by atoms with E-state index in [0.717, 1.165) is 149 Å². The Labute approximate surface area is 553 Å². The minimum Gasteiger partial charge on any atom is -0.371 e. The van der Waals surface area contributed by atoms with E-state index in [1.165, 1.54) is 28.1 Å². The predicted molar refractivity (Wildman–Crippen MR) is 366 cm³/mol. The minimum atomic E-state index is -0.0993. The molecule has 19 heteroatoms. The second-order valence-corrected chi connectivity index (χ2v) is 26.5. The zero-order valence-electron chi connectivity index (χ0n) is 52.8. The van der Waals surface area contributed by atoms with E-state index < -0.39 is 0 Å². The Balaban J connectivity index is 0.000000109. The summed E-state index contributed by atoms with van der Waals surface area (Å²) in [4.78, 5) is 17.8. The zero-order valence-corrected chi connectivity index (χ0v) is 54.4. The Kier molecular flexibility index (Phi) is 16.8. The van der Waals surface area contributed by atoms with Crippen molar-refractivity contribution in [2.75, 3.05) is 49.1 Å². The summed E-state index contributed by atoms with van der Waals surface area (Å²) in [7, 11) is 5.79. The molecule has 3 fully saturated rings. The molecule has 6 aliphatic rings. The minimum absolute atomic E-state index is 0.0394. The third-order valence-electron chi connectivity index (χ3n) is 19.9. The molecule has 6 aromatic heterocycles. The number of rotatable bonds is 8. The van der Waals surface area contributed by atoms with Gasteiger partial charge in [-0.05, 0) is 141 Å². The highest BCUT2D eigenvalue weighted by Gasteiger charge is 2.41. The molecule has 0 aliphatic carbocycles. The lowest BCUT2D eigenvalue weighted by molar-refractivity contribution is 0.293. The van der Waals surface area contributed by atoms with Crippen LogP contribution >= 0.6 is 15.9 Å². The van der Waals surface area contributed by atoms with E-state index in [1.54, 1.807) is 41.1 Å². The fourth-order valence-electron chi connectivity index (χ4n) is 15.4. The zero-order chi connectivity index (χ0) is 64.0. The molecule has 12 heterocycles. The van der Waals surface area contributed by atoms with Crippen molar-refractivity contribution in [1.29, 1.82) is 0 Å². The number of nitrogens with one attached hydrogen (secondary N) is 1. The van der Waals surface area contributed by atoms with Gasteiger partial charge in [0.1, 0.15) is 17.5 Å². The lowest BCUT2D eigenvalue weighted by atomic mass is 9.85. The van der Waals surface area contributed by atoms with E-state index in [2.05, 4.69) is 136 Å². The lowest BCUT2D eigenvalue weighted by Gasteiger charge is -2.37. The van der Waals surface area contributed by atoms with E-state index >= 15 is 0 Å². The van der Waals surface area contributed by atoms with Gasteiger partial charge in [-0.3, -0.25) is 14.0 Å². The monoisotopic (exact) mass is 1320 g/mol. The van der Waals surface area contributed by atoms with Crippen LogP contribution in [0.1, 0.15) is 73.3 Å². The fraction of sp³-hybridized carbons (Fsp3) is 0.280. The first kappa shape index (κ1) is 60.6. The largest absolute Gasteiger partial charge is 0.371 e. The summed E-state index contributed by atoms with van der Waals surface area (Å²) in [6.45, 7) is 5.90. The van der Waals surface area contributed by atoms with Crippen LogP contribution in [0.2, 0.25) is 0 Å². The summed E-state index contributed by atoms with van der Waals surface area (Å²) >= 11 is 3.44. The van der Waals surface area contributed by atoms with Crippen molar-refractivity contribution in [2.24, 2.45) is 38.9 Å². The van der Waals surface area contributed by atoms with Crippen LogP contribution in [0.3, 0.4) is 0 Å². The van der Waals surface area contributed by atoms with Crippen LogP contribution in [0.25, 0.3) is 67.2 Å². The maximum Gasteiger partial charge on any atom is 0.129 e. The number of benzene rings is 6. The van der Waals surface area contributed by atoms with E-state index in [0.29, 0.717) is 17.8 Å². The second kappa shape index (κ2) is 26.1.